The standard InChI is InChI=1S/C30H24ClNO8/c1-15(2)39-20-7-4-16(5-8-20)26-25(27(33)23-11-17-10-18(31)12-24(36-3)29(17)40-23)28(34)30(35)32(26)19-6-9-21-22(13-19)38-14-37-21/h4-13,15,26,34H,14H2,1-3H3. The van der Waals surface area contributed by atoms with Gasteiger partial charge in [-0.2, -0.15) is 0 Å². The van der Waals surface area contributed by atoms with Gasteiger partial charge in [-0.3, -0.25) is 14.5 Å². The van der Waals surface area contributed by atoms with Gasteiger partial charge in [0.25, 0.3) is 5.91 Å². The van der Waals surface area contributed by atoms with Gasteiger partial charge >= 0.3 is 0 Å². The minimum Gasteiger partial charge on any atom is -0.503 e. The van der Waals surface area contributed by atoms with Crippen molar-refractivity contribution in [1.82, 2.24) is 0 Å². The van der Waals surface area contributed by atoms with E-state index in [-0.39, 0.29) is 24.2 Å². The molecule has 0 radical (unpaired) electrons. The largest absolute Gasteiger partial charge is 0.503 e. The normalized spacial score (nSPS) is 16.4. The molecule has 1 N–H and O–H groups in total. The summed E-state index contributed by atoms with van der Waals surface area (Å²) < 4.78 is 27.9. The van der Waals surface area contributed by atoms with Crippen molar-refractivity contribution >= 4 is 39.9 Å². The van der Waals surface area contributed by atoms with E-state index in [1.165, 1.54) is 18.1 Å². The number of carbonyl (C=O) groups excluding carboxylic acids is 2. The molecule has 6 rings (SSSR count). The highest BCUT2D eigenvalue weighted by atomic mass is 35.5. The maximum atomic E-state index is 14.0. The Morgan fingerprint density at radius 1 is 1.05 bits per heavy atom. The van der Waals surface area contributed by atoms with Crippen molar-refractivity contribution in [3.63, 3.8) is 0 Å². The van der Waals surface area contributed by atoms with Gasteiger partial charge in [0.1, 0.15) is 5.75 Å². The number of fused-ring (bicyclic) bond motifs is 2. The molecule has 3 heterocycles. The second-order valence-corrected chi connectivity index (χ2v) is 10.0. The number of amides is 1. The SMILES string of the molecule is COc1cc(Cl)cc2cc(C(=O)C3=C(O)C(=O)N(c4ccc5c(c4)OCO5)C3c3ccc(OC(C)C)cc3)oc12. The van der Waals surface area contributed by atoms with Crippen LogP contribution in [0.1, 0.15) is 36.0 Å². The Hall–Kier alpha value is -4.63. The molecular formula is C30H24ClNO8. The number of hydrogen-bond acceptors (Lipinski definition) is 8. The fourth-order valence-electron chi connectivity index (χ4n) is 4.94. The first-order chi connectivity index (χ1) is 19.2. The molecule has 9 nitrogen and oxygen atoms in total. The number of nitrogens with zero attached hydrogens (tertiary/aromatic N) is 1. The molecular weight excluding hydrogens is 538 g/mol. The van der Waals surface area contributed by atoms with Crippen LogP contribution in [0.3, 0.4) is 0 Å². The molecule has 1 atom stereocenters. The lowest BCUT2D eigenvalue weighted by molar-refractivity contribution is -0.117. The van der Waals surface area contributed by atoms with Gasteiger partial charge < -0.3 is 28.5 Å². The lowest BCUT2D eigenvalue weighted by Gasteiger charge is -2.27. The Morgan fingerprint density at radius 3 is 2.52 bits per heavy atom. The highest BCUT2D eigenvalue weighted by molar-refractivity contribution is 6.31. The third-order valence-corrected chi connectivity index (χ3v) is 6.86. The maximum Gasteiger partial charge on any atom is 0.294 e. The van der Waals surface area contributed by atoms with Crippen LogP contribution in [0, 0.1) is 0 Å². The molecule has 4 aromatic rings. The van der Waals surface area contributed by atoms with Crippen LogP contribution >= 0.6 is 11.6 Å². The van der Waals surface area contributed by atoms with Crippen LogP contribution in [0.2, 0.25) is 5.02 Å². The van der Waals surface area contributed by atoms with E-state index in [0.29, 0.717) is 50.2 Å². The van der Waals surface area contributed by atoms with Crippen molar-refractivity contribution < 1.29 is 38.1 Å². The van der Waals surface area contributed by atoms with Crippen molar-refractivity contribution in [2.75, 3.05) is 18.8 Å². The molecule has 0 saturated heterocycles. The highest BCUT2D eigenvalue weighted by Crippen LogP contribution is 2.45. The summed E-state index contributed by atoms with van der Waals surface area (Å²) in [5.41, 5.74) is 1.17. The van der Waals surface area contributed by atoms with Gasteiger partial charge in [-0.1, -0.05) is 23.7 Å². The van der Waals surface area contributed by atoms with Crippen LogP contribution in [-0.2, 0) is 4.79 Å². The molecule has 1 amide bonds. The van der Waals surface area contributed by atoms with E-state index in [4.69, 9.17) is 35.0 Å². The molecule has 0 fully saturated rings. The molecule has 1 aromatic heterocycles. The molecule has 1 unspecified atom stereocenters. The molecule has 0 bridgehead atoms. The number of aliphatic hydroxyl groups is 1. The number of carbonyl (C=O) groups is 2. The van der Waals surface area contributed by atoms with E-state index >= 15 is 0 Å². The summed E-state index contributed by atoms with van der Waals surface area (Å²) in [4.78, 5) is 28.9. The van der Waals surface area contributed by atoms with E-state index in [1.807, 2.05) is 13.8 Å². The second-order valence-electron chi connectivity index (χ2n) is 9.58. The lowest BCUT2D eigenvalue weighted by Crippen LogP contribution is -2.31. The summed E-state index contributed by atoms with van der Waals surface area (Å²) in [6.07, 6.45) is -0.0382. The average Bonchev–Trinajstić information content (AvgIpc) is 3.64. The average molecular weight is 562 g/mol. The minimum absolute atomic E-state index is 0.0382. The maximum absolute atomic E-state index is 14.0. The third kappa shape index (κ3) is 4.28. The van der Waals surface area contributed by atoms with Crippen LogP contribution in [0.15, 0.2) is 76.4 Å². The van der Waals surface area contributed by atoms with Crippen LogP contribution < -0.4 is 23.8 Å². The molecule has 2 aliphatic heterocycles. The molecule has 0 spiro atoms. The van der Waals surface area contributed by atoms with E-state index in [2.05, 4.69) is 0 Å². The summed E-state index contributed by atoms with van der Waals surface area (Å²) >= 11 is 6.20. The lowest BCUT2D eigenvalue weighted by atomic mass is 9.94. The van der Waals surface area contributed by atoms with Crippen molar-refractivity contribution in [3.05, 3.63) is 88.3 Å². The van der Waals surface area contributed by atoms with Gasteiger partial charge in [-0.25, -0.2) is 0 Å². The number of furan rings is 1. The van der Waals surface area contributed by atoms with E-state index in [0.717, 1.165) is 0 Å². The summed E-state index contributed by atoms with van der Waals surface area (Å²) in [5, 5.41) is 12.1. The Bertz CT molecular complexity index is 1690. The highest BCUT2D eigenvalue weighted by Gasteiger charge is 2.45. The second kappa shape index (κ2) is 9.84. The van der Waals surface area contributed by atoms with Crippen molar-refractivity contribution in [1.29, 1.82) is 0 Å². The number of Topliss-reactive ketones (excluding diaryl/α,β-unsaturated/α-hetero) is 1. The van der Waals surface area contributed by atoms with Crippen molar-refractivity contribution in [3.8, 4) is 23.0 Å². The smallest absolute Gasteiger partial charge is 0.294 e. The first-order valence-electron chi connectivity index (χ1n) is 12.5. The summed E-state index contributed by atoms with van der Waals surface area (Å²) in [6.45, 7) is 3.89. The Kier molecular flexibility index (Phi) is 6.31. The summed E-state index contributed by atoms with van der Waals surface area (Å²) in [5.74, 6) is -0.206. The zero-order valence-corrected chi connectivity index (χ0v) is 22.5. The van der Waals surface area contributed by atoms with E-state index in [9.17, 15) is 14.7 Å². The van der Waals surface area contributed by atoms with Crippen LogP contribution in [-0.4, -0.2) is 36.8 Å². The quantitative estimate of drug-likeness (QED) is 0.258. The van der Waals surface area contributed by atoms with Gasteiger partial charge in [-0.05, 0) is 55.8 Å². The number of rotatable bonds is 7. The number of ether oxygens (including phenoxy) is 4. The van der Waals surface area contributed by atoms with Crippen LogP contribution in [0.4, 0.5) is 5.69 Å². The van der Waals surface area contributed by atoms with E-state index in [1.54, 1.807) is 54.6 Å². The topological polar surface area (TPSA) is 108 Å². The minimum atomic E-state index is -0.979. The number of ketones is 1. The fourth-order valence-corrected chi connectivity index (χ4v) is 5.15. The Labute approximate surface area is 234 Å². The number of methoxy groups -OCH3 is 1. The number of hydrogen-bond donors (Lipinski definition) is 1. The zero-order chi connectivity index (χ0) is 28.1. The van der Waals surface area contributed by atoms with E-state index < -0.39 is 23.5 Å². The summed E-state index contributed by atoms with van der Waals surface area (Å²) in [6, 6.07) is 15.7. The van der Waals surface area contributed by atoms with Gasteiger partial charge in [0.2, 0.25) is 12.6 Å². The van der Waals surface area contributed by atoms with Gasteiger partial charge in [-0.15, -0.1) is 0 Å². The zero-order valence-electron chi connectivity index (χ0n) is 21.8. The predicted octanol–water partition coefficient (Wildman–Crippen LogP) is 6.39. The number of halogens is 1. The van der Waals surface area contributed by atoms with Gasteiger partial charge in [0, 0.05) is 28.2 Å². The Morgan fingerprint density at radius 2 is 1.80 bits per heavy atom. The third-order valence-electron chi connectivity index (χ3n) is 6.65. The number of anilines is 1. The monoisotopic (exact) mass is 561 g/mol. The first kappa shape index (κ1) is 25.6. The van der Waals surface area contributed by atoms with Crippen molar-refractivity contribution in [2.24, 2.45) is 0 Å². The molecule has 0 saturated carbocycles. The van der Waals surface area contributed by atoms with Crippen LogP contribution in [0.25, 0.3) is 11.0 Å². The molecule has 204 valence electrons. The first-order valence-corrected chi connectivity index (χ1v) is 12.9. The summed E-state index contributed by atoms with van der Waals surface area (Å²) in [7, 11) is 1.46. The number of benzene rings is 3. The van der Waals surface area contributed by atoms with Gasteiger partial charge in [0.15, 0.2) is 34.4 Å². The van der Waals surface area contributed by atoms with Crippen LogP contribution in [0.5, 0.6) is 23.0 Å². The predicted molar refractivity (Wildman–Crippen MR) is 147 cm³/mol. The molecule has 40 heavy (non-hydrogen) atoms. The van der Waals surface area contributed by atoms with Crippen molar-refractivity contribution in [2.45, 2.75) is 26.0 Å². The molecule has 10 heteroatoms. The molecule has 2 aliphatic rings. The number of aliphatic hydroxyl groups excluding tert-OH is 1. The molecule has 3 aromatic carbocycles. The molecule has 0 aliphatic carbocycles. The Balaban J connectivity index is 1.47. The van der Waals surface area contributed by atoms with Gasteiger partial charge in [0.05, 0.1) is 24.8 Å². The fraction of sp³-hybridized carbons (Fsp3) is 0.200.